The third kappa shape index (κ3) is 2.83. The van der Waals surface area contributed by atoms with Crippen molar-refractivity contribution in [1.82, 2.24) is 5.32 Å². The topological polar surface area (TPSA) is 12.0 Å². The van der Waals surface area contributed by atoms with Crippen LogP contribution in [0.15, 0.2) is 15.2 Å². The fourth-order valence-corrected chi connectivity index (χ4v) is 3.84. The van der Waals surface area contributed by atoms with Gasteiger partial charge in [-0.1, -0.05) is 19.3 Å². The molecule has 1 N–H and O–H groups in total. The van der Waals surface area contributed by atoms with E-state index in [1.54, 1.807) is 11.3 Å². The van der Waals surface area contributed by atoms with E-state index >= 15 is 0 Å². The lowest BCUT2D eigenvalue weighted by Crippen LogP contribution is -2.26. The van der Waals surface area contributed by atoms with E-state index < -0.39 is 0 Å². The first-order valence-corrected chi connectivity index (χ1v) is 7.39. The lowest BCUT2D eigenvalue weighted by atomic mass is 9.82. The molecule has 1 atom stereocenters. The van der Waals surface area contributed by atoms with E-state index in [2.05, 4.69) is 39.7 Å². The van der Waals surface area contributed by atoms with E-state index in [1.165, 1.54) is 41.5 Å². The number of halogens is 1. The van der Waals surface area contributed by atoms with Gasteiger partial charge in [-0.05, 0) is 58.7 Å². The monoisotopic (exact) mass is 287 g/mol. The van der Waals surface area contributed by atoms with Gasteiger partial charge in [0.15, 0.2) is 0 Å². The van der Waals surface area contributed by atoms with Crippen molar-refractivity contribution in [3.63, 3.8) is 0 Å². The smallest absolute Gasteiger partial charge is 0.0701 e. The Balaban J connectivity index is 2.08. The van der Waals surface area contributed by atoms with Gasteiger partial charge < -0.3 is 5.32 Å². The predicted octanol–water partition coefficient (Wildman–Crippen LogP) is 4.35. The fraction of sp³-hybridized carbons (Fsp3) is 0.667. The number of thiophene rings is 1. The van der Waals surface area contributed by atoms with Gasteiger partial charge in [-0.3, -0.25) is 0 Å². The third-order valence-corrected chi connectivity index (χ3v) is 4.90. The summed E-state index contributed by atoms with van der Waals surface area (Å²) in [7, 11) is 2.09. The molecule has 0 aliphatic heterocycles. The van der Waals surface area contributed by atoms with Crippen LogP contribution in [0.4, 0.5) is 0 Å². The van der Waals surface area contributed by atoms with Crippen LogP contribution in [0.5, 0.6) is 0 Å². The summed E-state index contributed by atoms with van der Waals surface area (Å²) >= 11 is 5.33. The van der Waals surface area contributed by atoms with E-state index in [1.807, 2.05) is 0 Å². The minimum atomic E-state index is 0.563. The van der Waals surface area contributed by atoms with Crippen LogP contribution in [0.3, 0.4) is 0 Å². The largest absolute Gasteiger partial charge is 0.313 e. The predicted molar refractivity (Wildman–Crippen MR) is 70.4 cm³/mol. The number of hydrogen-bond acceptors (Lipinski definition) is 2. The maximum atomic E-state index is 3.54. The summed E-state index contributed by atoms with van der Waals surface area (Å²) < 4.78 is 1.24. The van der Waals surface area contributed by atoms with Gasteiger partial charge >= 0.3 is 0 Å². The molecule has 1 aromatic rings. The van der Waals surface area contributed by atoms with Gasteiger partial charge in [0, 0.05) is 6.04 Å². The fourth-order valence-electron chi connectivity index (χ4n) is 2.63. The molecule has 84 valence electrons. The van der Waals surface area contributed by atoms with Crippen molar-refractivity contribution in [1.29, 1.82) is 0 Å². The highest BCUT2D eigenvalue weighted by Crippen LogP contribution is 2.36. The van der Waals surface area contributed by atoms with Crippen LogP contribution in [0.2, 0.25) is 0 Å². The minimum absolute atomic E-state index is 0.563. The molecule has 0 bridgehead atoms. The summed E-state index contributed by atoms with van der Waals surface area (Å²) in [6.07, 6.45) is 7.03. The van der Waals surface area contributed by atoms with Crippen LogP contribution in [-0.2, 0) is 0 Å². The van der Waals surface area contributed by atoms with E-state index in [0.29, 0.717) is 6.04 Å². The first-order chi connectivity index (χ1) is 7.31. The molecule has 1 heterocycles. The zero-order chi connectivity index (χ0) is 10.7. The van der Waals surface area contributed by atoms with Gasteiger partial charge in [0.05, 0.1) is 3.79 Å². The highest BCUT2D eigenvalue weighted by Gasteiger charge is 2.24. The highest BCUT2D eigenvalue weighted by atomic mass is 79.9. The van der Waals surface area contributed by atoms with Crippen molar-refractivity contribution in [2.24, 2.45) is 5.92 Å². The Morgan fingerprint density at radius 2 is 2.13 bits per heavy atom. The highest BCUT2D eigenvalue weighted by molar-refractivity contribution is 9.11. The van der Waals surface area contributed by atoms with Gasteiger partial charge in [0.25, 0.3) is 0 Å². The van der Waals surface area contributed by atoms with Crippen LogP contribution >= 0.6 is 27.3 Å². The molecule has 1 aromatic heterocycles. The lowest BCUT2D eigenvalue weighted by molar-refractivity contribution is 0.282. The van der Waals surface area contributed by atoms with E-state index in [4.69, 9.17) is 0 Å². The van der Waals surface area contributed by atoms with E-state index in [0.717, 1.165) is 5.92 Å². The summed E-state index contributed by atoms with van der Waals surface area (Å²) in [6, 6.07) is 2.83. The third-order valence-electron chi connectivity index (χ3n) is 3.38. The molecular weight excluding hydrogens is 270 g/mol. The molecule has 1 fully saturated rings. The average Bonchev–Trinajstić information content (AvgIpc) is 2.68. The quantitative estimate of drug-likeness (QED) is 0.871. The van der Waals surface area contributed by atoms with Gasteiger partial charge in [-0.15, -0.1) is 11.3 Å². The molecule has 3 heteroatoms. The SMILES string of the molecule is CNC(c1csc(Br)c1)C1CCCCC1. The van der Waals surface area contributed by atoms with Crippen LogP contribution < -0.4 is 5.32 Å². The van der Waals surface area contributed by atoms with Crippen LogP contribution in [-0.4, -0.2) is 7.05 Å². The molecule has 1 unspecified atom stereocenters. The molecule has 15 heavy (non-hydrogen) atoms. The van der Waals surface area contributed by atoms with Gasteiger partial charge in [-0.2, -0.15) is 0 Å². The summed E-state index contributed by atoms with van der Waals surface area (Å²) in [4.78, 5) is 0. The number of nitrogens with one attached hydrogen (secondary N) is 1. The number of rotatable bonds is 3. The molecular formula is C12H18BrNS. The Kier molecular flexibility index (Phi) is 4.23. The first kappa shape index (κ1) is 11.6. The van der Waals surface area contributed by atoms with E-state index in [-0.39, 0.29) is 0 Å². The zero-order valence-corrected chi connectivity index (χ0v) is 11.5. The van der Waals surface area contributed by atoms with Crippen LogP contribution in [0.25, 0.3) is 0 Å². The Morgan fingerprint density at radius 3 is 2.67 bits per heavy atom. The van der Waals surface area contributed by atoms with Gasteiger partial charge in [0.2, 0.25) is 0 Å². The van der Waals surface area contributed by atoms with E-state index in [9.17, 15) is 0 Å². The van der Waals surface area contributed by atoms with Crippen LogP contribution in [0, 0.1) is 5.92 Å². The van der Waals surface area contributed by atoms with Crippen molar-refractivity contribution in [2.75, 3.05) is 7.05 Å². The Hall–Kier alpha value is 0.140. The Labute approximate surface area is 104 Å². The van der Waals surface area contributed by atoms with Gasteiger partial charge in [-0.25, -0.2) is 0 Å². The maximum Gasteiger partial charge on any atom is 0.0701 e. The average molecular weight is 288 g/mol. The second kappa shape index (κ2) is 5.46. The summed E-state index contributed by atoms with van der Waals surface area (Å²) in [5.41, 5.74) is 1.46. The standard InChI is InChI=1S/C12H18BrNS/c1-14-12(9-5-3-2-4-6-9)10-7-11(13)15-8-10/h7-9,12,14H,2-6H2,1H3. The molecule has 1 saturated carbocycles. The van der Waals surface area contributed by atoms with Crippen molar-refractivity contribution in [3.8, 4) is 0 Å². The summed E-state index contributed by atoms with van der Waals surface area (Å²) in [5.74, 6) is 0.838. The first-order valence-electron chi connectivity index (χ1n) is 5.72. The van der Waals surface area contributed by atoms with Crippen LogP contribution in [0.1, 0.15) is 43.7 Å². The zero-order valence-electron chi connectivity index (χ0n) is 9.13. The van der Waals surface area contributed by atoms with Crippen molar-refractivity contribution in [3.05, 3.63) is 20.8 Å². The number of hydrogen-bond donors (Lipinski definition) is 1. The molecule has 1 nitrogen and oxygen atoms in total. The molecule has 2 rings (SSSR count). The molecule has 1 aliphatic carbocycles. The molecule has 0 amide bonds. The molecule has 1 aliphatic rings. The normalized spacial score (nSPS) is 20.4. The Morgan fingerprint density at radius 1 is 1.40 bits per heavy atom. The second-order valence-electron chi connectivity index (χ2n) is 4.35. The molecule has 0 spiro atoms. The van der Waals surface area contributed by atoms with Gasteiger partial charge in [0.1, 0.15) is 0 Å². The van der Waals surface area contributed by atoms with Crippen molar-refractivity contribution >= 4 is 27.3 Å². The minimum Gasteiger partial charge on any atom is -0.313 e. The molecule has 0 saturated heterocycles. The molecule has 0 aromatic carbocycles. The summed E-state index contributed by atoms with van der Waals surface area (Å²) in [6.45, 7) is 0. The van der Waals surface area contributed by atoms with Crippen molar-refractivity contribution in [2.45, 2.75) is 38.1 Å². The second-order valence-corrected chi connectivity index (χ2v) is 6.64. The summed E-state index contributed by atoms with van der Waals surface area (Å²) in [5, 5.41) is 5.76. The molecule has 0 radical (unpaired) electrons. The Bertz CT molecular complexity index is 304. The van der Waals surface area contributed by atoms with Crippen molar-refractivity contribution < 1.29 is 0 Å². The lowest BCUT2D eigenvalue weighted by Gasteiger charge is -2.29. The maximum absolute atomic E-state index is 3.54.